The van der Waals surface area contributed by atoms with E-state index in [-0.39, 0.29) is 0 Å². The van der Waals surface area contributed by atoms with Gasteiger partial charge in [0, 0.05) is 6.42 Å². The number of ether oxygens (including phenoxy) is 1. The number of benzene rings is 1. The lowest BCUT2D eigenvalue weighted by atomic mass is 10.2. The minimum atomic E-state index is -0.534. The van der Waals surface area contributed by atoms with Gasteiger partial charge in [-0.15, -0.1) is 5.11 Å². The molecule has 78 valence electrons. The van der Waals surface area contributed by atoms with Crippen molar-refractivity contribution in [2.24, 2.45) is 15.2 Å². The van der Waals surface area contributed by atoms with Crippen LogP contribution in [0.5, 0.6) is 0 Å². The summed E-state index contributed by atoms with van der Waals surface area (Å²) in [6.45, 7) is 3.90. The van der Waals surface area contributed by atoms with Crippen LogP contribution in [0.15, 0.2) is 45.6 Å². The molecule has 4 heteroatoms. The monoisotopic (exact) mass is 203 g/mol. The maximum Gasteiger partial charge on any atom is 0.338 e. The molecule has 0 aromatic heterocycles. The highest BCUT2D eigenvalue weighted by atomic mass is 16.5. The summed E-state index contributed by atoms with van der Waals surface area (Å²) >= 11 is 0. The number of rotatable bonds is 2. The smallest absolute Gasteiger partial charge is 0.338 e. The van der Waals surface area contributed by atoms with Gasteiger partial charge in [0.25, 0.3) is 0 Å². The standard InChI is InChI=1S/C11H13N3O/c1-3-11(2)14-13-10(15-11)12-9-7-5-4-6-8-9/h4-8H,3H2,1-2H3. The number of hydrogen-bond acceptors (Lipinski definition) is 3. The first kappa shape index (κ1) is 9.83. The molecule has 1 atom stereocenters. The highest BCUT2D eigenvalue weighted by Gasteiger charge is 2.30. The average molecular weight is 203 g/mol. The van der Waals surface area contributed by atoms with Gasteiger partial charge in [-0.2, -0.15) is 4.99 Å². The van der Waals surface area contributed by atoms with E-state index in [0.717, 1.165) is 12.1 Å². The zero-order valence-electron chi connectivity index (χ0n) is 8.84. The van der Waals surface area contributed by atoms with Crippen molar-refractivity contribution >= 4 is 11.7 Å². The second-order valence-electron chi connectivity index (χ2n) is 3.56. The summed E-state index contributed by atoms with van der Waals surface area (Å²) in [4.78, 5) is 4.24. The molecular formula is C11H13N3O. The van der Waals surface area contributed by atoms with Crippen LogP contribution in [-0.2, 0) is 4.74 Å². The van der Waals surface area contributed by atoms with E-state index in [1.807, 2.05) is 44.2 Å². The van der Waals surface area contributed by atoms with Crippen molar-refractivity contribution in [3.05, 3.63) is 30.3 Å². The number of para-hydroxylation sites is 1. The van der Waals surface area contributed by atoms with Crippen LogP contribution in [0.25, 0.3) is 0 Å². The average Bonchev–Trinajstić information content (AvgIpc) is 2.63. The zero-order valence-corrected chi connectivity index (χ0v) is 8.84. The maximum absolute atomic E-state index is 5.52. The van der Waals surface area contributed by atoms with Crippen LogP contribution in [0.3, 0.4) is 0 Å². The third kappa shape index (κ3) is 2.21. The minimum absolute atomic E-state index is 0.338. The number of azo groups is 1. The van der Waals surface area contributed by atoms with Crippen molar-refractivity contribution in [1.82, 2.24) is 0 Å². The molecule has 0 radical (unpaired) electrons. The molecule has 0 spiro atoms. The third-order valence-corrected chi connectivity index (χ3v) is 2.30. The molecule has 2 rings (SSSR count). The molecule has 1 aromatic carbocycles. The third-order valence-electron chi connectivity index (χ3n) is 2.30. The summed E-state index contributed by atoms with van der Waals surface area (Å²) in [5.41, 5.74) is 0.292. The Balaban J connectivity index is 2.16. The second-order valence-corrected chi connectivity index (χ2v) is 3.56. The van der Waals surface area contributed by atoms with Gasteiger partial charge in [0.15, 0.2) is 0 Å². The van der Waals surface area contributed by atoms with Gasteiger partial charge in [0.05, 0.1) is 5.69 Å². The van der Waals surface area contributed by atoms with Gasteiger partial charge < -0.3 is 4.74 Å². The van der Waals surface area contributed by atoms with Crippen molar-refractivity contribution in [2.45, 2.75) is 26.0 Å². The Labute approximate surface area is 88.7 Å². The Hall–Kier alpha value is -1.71. The highest BCUT2D eigenvalue weighted by Crippen LogP contribution is 2.25. The second kappa shape index (κ2) is 3.81. The Morgan fingerprint density at radius 2 is 2.07 bits per heavy atom. The Kier molecular flexibility index (Phi) is 2.49. The Morgan fingerprint density at radius 3 is 2.67 bits per heavy atom. The lowest BCUT2D eigenvalue weighted by Gasteiger charge is -2.15. The van der Waals surface area contributed by atoms with Crippen LogP contribution in [-0.4, -0.2) is 11.7 Å². The van der Waals surface area contributed by atoms with Gasteiger partial charge in [0.2, 0.25) is 5.72 Å². The Morgan fingerprint density at radius 1 is 1.33 bits per heavy atom. The first-order chi connectivity index (χ1) is 7.22. The van der Waals surface area contributed by atoms with Crippen LogP contribution in [0, 0.1) is 0 Å². The molecule has 1 heterocycles. The molecular weight excluding hydrogens is 190 g/mol. The highest BCUT2D eigenvalue weighted by molar-refractivity contribution is 5.78. The summed E-state index contributed by atoms with van der Waals surface area (Å²) in [5, 5.41) is 7.94. The van der Waals surface area contributed by atoms with Crippen molar-refractivity contribution < 1.29 is 4.74 Å². The van der Waals surface area contributed by atoms with Crippen LogP contribution in [0.1, 0.15) is 20.3 Å². The van der Waals surface area contributed by atoms with Crippen molar-refractivity contribution in [3.8, 4) is 0 Å². The van der Waals surface area contributed by atoms with E-state index in [0.29, 0.717) is 6.02 Å². The molecule has 0 aliphatic carbocycles. The predicted molar refractivity (Wildman–Crippen MR) is 58.2 cm³/mol. The lowest BCUT2D eigenvalue weighted by molar-refractivity contribution is 0.0965. The normalized spacial score (nSPS) is 26.9. The van der Waals surface area contributed by atoms with Gasteiger partial charge in [-0.1, -0.05) is 30.2 Å². The van der Waals surface area contributed by atoms with Gasteiger partial charge in [-0.05, 0) is 19.1 Å². The zero-order chi connectivity index (χ0) is 10.7. The minimum Gasteiger partial charge on any atom is -0.432 e. The molecule has 0 N–H and O–H groups in total. The SMILES string of the molecule is CCC1(C)N=NC(=Nc2ccccc2)O1. The van der Waals surface area contributed by atoms with E-state index in [1.54, 1.807) is 0 Å². The maximum atomic E-state index is 5.52. The number of amidine groups is 1. The van der Waals surface area contributed by atoms with E-state index in [1.165, 1.54) is 0 Å². The molecule has 1 aliphatic heterocycles. The van der Waals surface area contributed by atoms with Gasteiger partial charge in [-0.3, -0.25) is 0 Å². The van der Waals surface area contributed by atoms with E-state index >= 15 is 0 Å². The van der Waals surface area contributed by atoms with Gasteiger partial charge in [-0.25, -0.2) is 0 Å². The summed E-state index contributed by atoms with van der Waals surface area (Å²) in [6.07, 6.45) is 0.782. The molecule has 1 unspecified atom stereocenters. The van der Waals surface area contributed by atoms with Crippen LogP contribution >= 0.6 is 0 Å². The van der Waals surface area contributed by atoms with Gasteiger partial charge in [0.1, 0.15) is 0 Å². The fraction of sp³-hybridized carbons (Fsp3) is 0.364. The molecule has 0 saturated carbocycles. The number of aliphatic imine (C=N–C) groups is 1. The molecule has 0 amide bonds. The van der Waals surface area contributed by atoms with Gasteiger partial charge >= 0.3 is 6.02 Å². The molecule has 1 aromatic rings. The quantitative estimate of drug-likeness (QED) is 0.727. The van der Waals surface area contributed by atoms with Crippen LogP contribution in [0.2, 0.25) is 0 Å². The van der Waals surface area contributed by atoms with Crippen molar-refractivity contribution in [3.63, 3.8) is 0 Å². The molecule has 15 heavy (non-hydrogen) atoms. The number of nitrogens with zero attached hydrogens (tertiary/aromatic N) is 3. The number of hydrogen-bond donors (Lipinski definition) is 0. The fourth-order valence-corrected chi connectivity index (χ4v) is 1.19. The first-order valence-electron chi connectivity index (χ1n) is 4.97. The molecule has 0 fully saturated rings. The van der Waals surface area contributed by atoms with E-state index < -0.39 is 5.72 Å². The van der Waals surface area contributed by atoms with Crippen LogP contribution in [0.4, 0.5) is 5.69 Å². The Bertz CT molecular complexity index is 400. The first-order valence-corrected chi connectivity index (χ1v) is 4.97. The van der Waals surface area contributed by atoms with E-state index in [4.69, 9.17) is 4.74 Å². The summed E-state index contributed by atoms with van der Waals surface area (Å²) in [6, 6.07) is 9.91. The molecule has 4 nitrogen and oxygen atoms in total. The largest absolute Gasteiger partial charge is 0.432 e. The topological polar surface area (TPSA) is 46.3 Å². The van der Waals surface area contributed by atoms with Crippen molar-refractivity contribution in [2.75, 3.05) is 0 Å². The van der Waals surface area contributed by atoms with E-state index in [9.17, 15) is 0 Å². The van der Waals surface area contributed by atoms with Crippen LogP contribution < -0.4 is 0 Å². The van der Waals surface area contributed by atoms with E-state index in [2.05, 4.69) is 15.2 Å². The fourth-order valence-electron chi connectivity index (χ4n) is 1.19. The summed E-state index contributed by atoms with van der Waals surface area (Å²) < 4.78 is 5.52. The lowest BCUT2D eigenvalue weighted by Crippen LogP contribution is -2.21. The predicted octanol–water partition coefficient (Wildman–Crippen LogP) is 3.28. The summed E-state index contributed by atoms with van der Waals surface area (Å²) in [5.74, 6) is 0. The summed E-state index contributed by atoms with van der Waals surface area (Å²) in [7, 11) is 0. The molecule has 0 bridgehead atoms. The molecule has 0 saturated heterocycles. The van der Waals surface area contributed by atoms with Crippen molar-refractivity contribution in [1.29, 1.82) is 0 Å². The molecule has 1 aliphatic rings.